The molecule has 15 heavy (non-hydrogen) atoms. The van der Waals surface area contributed by atoms with Gasteiger partial charge in [0.25, 0.3) is 0 Å². The molecular formula is C11H10BFO2. The summed E-state index contributed by atoms with van der Waals surface area (Å²) in [5.41, 5.74) is 0.875. The van der Waals surface area contributed by atoms with Crippen molar-refractivity contribution in [3.63, 3.8) is 0 Å². The van der Waals surface area contributed by atoms with Crippen LogP contribution in [0.2, 0.25) is 0 Å². The van der Waals surface area contributed by atoms with Crippen molar-refractivity contribution in [2.24, 2.45) is 0 Å². The van der Waals surface area contributed by atoms with Crippen molar-refractivity contribution in [2.45, 2.75) is 6.92 Å². The highest BCUT2D eigenvalue weighted by molar-refractivity contribution is 6.34. The Morgan fingerprint density at radius 2 is 2.33 bits per heavy atom. The van der Waals surface area contributed by atoms with Gasteiger partial charge in [0.15, 0.2) is 0 Å². The molecule has 0 aromatic heterocycles. The lowest BCUT2D eigenvalue weighted by Gasteiger charge is -2.00. The smallest absolute Gasteiger partial charge is 0.330 e. The third-order valence-electron chi connectivity index (χ3n) is 1.73. The predicted octanol–water partition coefficient (Wildman–Crippen LogP) is 1.20. The number of carbonyl (C=O) groups is 1. The van der Waals surface area contributed by atoms with Crippen LogP contribution in [0.25, 0.3) is 6.08 Å². The van der Waals surface area contributed by atoms with Crippen LogP contribution in [0.5, 0.6) is 0 Å². The van der Waals surface area contributed by atoms with E-state index < -0.39 is 11.8 Å². The SMILES string of the molecule is [B]c1cc(F)ccc1/C=C/C(=O)OCC. The van der Waals surface area contributed by atoms with Crippen molar-refractivity contribution in [3.8, 4) is 0 Å². The lowest BCUT2D eigenvalue weighted by molar-refractivity contribution is -0.137. The van der Waals surface area contributed by atoms with Crippen molar-refractivity contribution >= 4 is 25.4 Å². The van der Waals surface area contributed by atoms with E-state index in [0.29, 0.717) is 12.2 Å². The van der Waals surface area contributed by atoms with Crippen molar-refractivity contribution in [1.29, 1.82) is 0 Å². The first-order valence-corrected chi connectivity index (χ1v) is 4.53. The molecule has 0 heterocycles. The molecule has 1 rings (SSSR count). The Bertz CT molecular complexity index is 388. The zero-order valence-corrected chi connectivity index (χ0v) is 8.37. The predicted molar refractivity (Wildman–Crippen MR) is 57.5 cm³/mol. The molecule has 2 nitrogen and oxygen atoms in total. The summed E-state index contributed by atoms with van der Waals surface area (Å²) in [4.78, 5) is 11.0. The number of hydrogen-bond acceptors (Lipinski definition) is 2. The van der Waals surface area contributed by atoms with Gasteiger partial charge in [0.2, 0.25) is 0 Å². The Labute approximate surface area is 89.2 Å². The number of esters is 1. The average Bonchev–Trinajstić information content (AvgIpc) is 2.17. The summed E-state index contributed by atoms with van der Waals surface area (Å²) in [7, 11) is 5.54. The molecule has 1 aromatic rings. The Balaban J connectivity index is 2.76. The van der Waals surface area contributed by atoms with Gasteiger partial charge >= 0.3 is 5.97 Å². The minimum absolute atomic E-state index is 0.288. The summed E-state index contributed by atoms with van der Waals surface area (Å²) in [5.74, 6) is -0.845. The lowest BCUT2D eigenvalue weighted by Crippen LogP contribution is -2.08. The van der Waals surface area contributed by atoms with E-state index in [4.69, 9.17) is 7.85 Å². The van der Waals surface area contributed by atoms with Crippen LogP contribution in [0, 0.1) is 5.82 Å². The first kappa shape index (κ1) is 11.5. The molecule has 1 aromatic carbocycles. The van der Waals surface area contributed by atoms with Gasteiger partial charge in [-0.3, -0.25) is 0 Å². The molecule has 0 saturated carbocycles. The zero-order chi connectivity index (χ0) is 11.3. The van der Waals surface area contributed by atoms with Gasteiger partial charge in [-0.15, -0.1) is 0 Å². The number of carbonyl (C=O) groups excluding carboxylic acids is 1. The molecule has 0 aliphatic heterocycles. The van der Waals surface area contributed by atoms with Crippen molar-refractivity contribution in [1.82, 2.24) is 0 Å². The van der Waals surface area contributed by atoms with Crippen molar-refractivity contribution in [3.05, 3.63) is 35.7 Å². The van der Waals surface area contributed by atoms with Gasteiger partial charge in [-0.2, -0.15) is 0 Å². The highest BCUT2D eigenvalue weighted by atomic mass is 19.1. The third-order valence-corrected chi connectivity index (χ3v) is 1.73. The molecule has 0 aliphatic rings. The van der Waals surface area contributed by atoms with E-state index in [1.807, 2.05) is 0 Å². The van der Waals surface area contributed by atoms with E-state index in [9.17, 15) is 9.18 Å². The topological polar surface area (TPSA) is 26.3 Å². The number of benzene rings is 1. The Hall–Kier alpha value is -1.58. The van der Waals surface area contributed by atoms with E-state index in [1.165, 1.54) is 30.4 Å². The van der Waals surface area contributed by atoms with Crippen LogP contribution < -0.4 is 5.46 Å². The Morgan fingerprint density at radius 3 is 2.93 bits per heavy atom. The second-order valence-electron chi connectivity index (χ2n) is 2.86. The molecule has 0 fully saturated rings. The monoisotopic (exact) mass is 204 g/mol. The first-order valence-electron chi connectivity index (χ1n) is 4.53. The van der Waals surface area contributed by atoms with Gasteiger partial charge in [0.1, 0.15) is 13.7 Å². The number of hydrogen-bond donors (Lipinski definition) is 0. The van der Waals surface area contributed by atoms with E-state index in [0.717, 1.165) is 0 Å². The van der Waals surface area contributed by atoms with E-state index in [-0.39, 0.29) is 5.46 Å². The molecule has 2 radical (unpaired) electrons. The molecule has 0 atom stereocenters. The van der Waals surface area contributed by atoms with E-state index >= 15 is 0 Å². The van der Waals surface area contributed by atoms with Gasteiger partial charge in [0.05, 0.1) is 6.61 Å². The lowest BCUT2D eigenvalue weighted by atomic mass is 9.90. The fourth-order valence-corrected chi connectivity index (χ4v) is 1.05. The van der Waals surface area contributed by atoms with Gasteiger partial charge in [-0.1, -0.05) is 11.5 Å². The maximum Gasteiger partial charge on any atom is 0.330 e. The minimum atomic E-state index is -0.443. The van der Waals surface area contributed by atoms with Gasteiger partial charge < -0.3 is 4.74 Å². The standard InChI is InChI=1S/C11H10BFO2/c1-2-15-11(14)6-4-8-3-5-9(13)7-10(8)12/h3-7H,2H2,1H3/b6-4+. The second kappa shape index (κ2) is 5.34. The first-order chi connectivity index (χ1) is 7.13. The van der Waals surface area contributed by atoms with Crippen LogP contribution >= 0.6 is 0 Å². The number of ether oxygens (including phenoxy) is 1. The molecule has 0 spiro atoms. The number of rotatable bonds is 3. The minimum Gasteiger partial charge on any atom is -0.463 e. The molecule has 0 saturated heterocycles. The summed E-state index contributed by atoms with van der Waals surface area (Å²) in [6.07, 6.45) is 2.75. The van der Waals surface area contributed by atoms with E-state index in [1.54, 1.807) is 6.92 Å². The maximum atomic E-state index is 12.7. The average molecular weight is 204 g/mol. The highest BCUT2D eigenvalue weighted by Gasteiger charge is 1.98. The van der Waals surface area contributed by atoms with Crippen LogP contribution in [0.15, 0.2) is 24.3 Å². The maximum absolute atomic E-state index is 12.7. The third kappa shape index (κ3) is 3.58. The molecule has 0 unspecified atom stereocenters. The largest absolute Gasteiger partial charge is 0.463 e. The van der Waals surface area contributed by atoms with Crippen LogP contribution in [0.1, 0.15) is 12.5 Å². The summed E-state index contributed by atoms with van der Waals surface area (Å²) in [5, 5.41) is 0. The number of halogens is 1. The molecule has 4 heteroatoms. The molecule has 76 valence electrons. The van der Waals surface area contributed by atoms with Crippen LogP contribution in [-0.4, -0.2) is 20.4 Å². The van der Waals surface area contributed by atoms with E-state index in [2.05, 4.69) is 4.74 Å². The molecule has 0 amide bonds. The molecule has 0 N–H and O–H groups in total. The van der Waals surface area contributed by atoms with Gasteiger partial charge in [0, 0.05) is 6.08 Å². The summed E-state index contributed by atoms with van der Waals surface area (Å²) >= 11 is 0. The van der Waals surface area contributed by atoms with Crippen LogP contribution in [0.4, 0.5) is 4.39 Å². The van der Waals surface area contributed by atoms with Crippen molar-refractivity contribution in [2.75, 3.05) is 6.61 Å². The quantitative estimate of drug-likeness (QED) is 0.420. The van der Waals surface area contributed by atoms with Gasteiger partial charge in [-0.05, 0) is 30.7 Å². The molecule has 0 aliphatic carbocycles. The highest BCUT2D eigenvalue weighted by Crippen LogP contribution is 2.01. The Kier molecular flexibility index (Phi) is 4.09. The fraction of sp³-hybridized carbons (Fsp3) is 0.182. The fourth-order valence-electron chi connectivity index (χ4n) is 1.05. The van der Waals surface area contributed by atoms with Crippen LogP contribution in [0.3, 0.4) is 0 Å². The second-order valence-corrected chi connectivity index (χ2v) is 2.86. The summed E-state index contributed by atoms with van der Waals surface area (Å²) in [6, 6.07) is 3.98. The Morgan fingerprint density at radius 1 is 1.60 bits per heavy atom. The summed E-state index contributed by atoms with van der Waals surface area (Å²) < 4.78 is 17.4. The molecular weight excluding hydrogens is 194 g/mol. The normalized spacial score (nSPS) is 10.5. The van der Waals surface area contributed by atoms with Crippen LogP contribution in [-0.2, 0) is 9.53 Å². The summed E-state index contributed by atoms with van der Waals surface area (Å²) in [6.45, 7) is 2.04. The molecule has 0 bridgehead atoms. The van der Waals surface area contributed by atoms with Crippen molar-refractivity contribution < 1.29 is 13.9 Å². The zero-order valence-electron chi connectivity index (χ0n) is 8.37. The van der Waals surface area contributed by atoms with Gasteiger partial charge in [-0.25, -0.2) is 9.18 Å².